The molecule has 0 bridgehead atoms. The van der Waals surface area contributed by atoms with Crippen LogP contribution in [0.4, 0.5) is 29.1 Å². The van der Waals surface area contributed by atoms with E-state index in [1.165, 1.54) is 71.9 Å². The van der Waals surface area contributed by atoms with Crippen LogP contribution in [0, 0.1) is 23.7 Å². The third kappa shape index (κ3) is 23.4. The monoisotopic (exact) mass is 1790 g/mol. The number of fused-ring (bicyclic) bond motifs is 5. The fourth-order valence-corrected chi connectivity index (χ4v) is 19.5. The lowest BCUT2D eigenvalue weighted by Gasteiger charge is -2.37. The highest BCUT2D eigenvalue weighted by Gasteiger charge is 2.35. The first-order chi connectivity index (χ1) is 64.1. The molecule has 0 saturated carbocycles. The fourth-order valence-electron chi connectivity index (χ4n) is 19.5. The standard InChI is InChI=1S/C26H32N4O.C25H34N4O2.C20H25N3O2.C19H23N3O2.C17H21N3O/c1-19-13-14-21-23(17-19)27-25(22-11-7-8-12-24(22)31)28-26(21)30(16-15-29(2)3)18-20-9-5-4-6-10-20;1-4-28(5-2)25(31)18-9-8-14-29(16-18)24-19-13-12-17(3)15-21(19)26-23(27-24)20-10-6-7-11-22(20)30;1-13-6-7-15-17(12-13)21-19(16-4-2-3-5-18(16)25)22-20(15)23-10-8-14(24)9-11-23;23-17-9-5-4-7-15(17)18-20-16-8-3-1-2-6-14(16)19(21-18)22-10-12-24-13-11-22;1-20(2)17-12-8-4-3-5-10-14(12)18-16(19-17)13-9-6-7-11-15(13)21/h4-12,19,31H,13-18H2,1-3H3;6-7,10-11,17-18,30H,4-5,8-9,12-16H2,1-3H3;2-5,13-14,24-25H,6-12H2,1H3;4-5,7,9,23H,1-3,6,8,10-13H2;6-7,9,11,21H,3-5,8,10H2,1-2H3. The van der Waals surface area contributed by atoms with Gasteiger partial charge in [0.2, 0.25) is 5.91 Å². The van der Waals surface area contributed by atoms with Gasteiger partial charge in [-0.1, -0.05) is 125 Å². The highest BCUT2D eigenvalue weighted by atomic mass is 16.5. The molecule has 3 fully saturated rings. The molecular weight excluding hydrogens is 1650 g/mol. The summed E-state index contributed by atoms with van der Waals surface area (Å²) in [5.41, 5.74) is 16.7. The average Bonchev–Trinajstić information content (AvgIpc) is 1.01. The Morgan fingerprint density at radius 2 is 0.750 bits per heavy atom. The highest BCUT2D eigenvalue weighted by Crippen LogP contribution is 2.43. The first-order valence-electron chi connectivity index (χ1n) is 48.4. The first-order valence-corrected chi connectivity index (χ1v) is 48.4. The molecule has 0 spiro atoms. The van der Waals surface area contributed by atoms with Crippen LogP contribution >= 0.6 is 0 Å². The molecule has 3 aliphatic heterocycles. The number of amides is 1. The molecule has 5 aliphatic carbocycles. The van der Waals surface area contributed by atoms with E-state index in [1.807, 2.05) is 124 Å². The number of phenolic OH excluding ortho intramolecular Hbond substituents is 5. The zero-order chi connectivity index (χ0) is 92.3. The van der Waals surface area contributed by atoms with Gasteiger partial charge in [0.15, 0.2) is 29.1 Å². The van der Waals surface area contributed by atoms with Gasteiger partial charge in [-0.3, -0.25) is 4.79 Å². The van der Waals surface area contributed by atoms with Crippen LogP contribution in [0.1, 0.15) is 180 Å². The number of nitrogens with zero attached hydrogens (tertiary/aromatic N) is 17. The molecule has 11 aromatic rings. The van der Waals surface area contributed by atoms with Crippen molar-refractivity contribution in [2.24, 2.45) is 23.7 Å². The van der Waals surface area contributed by atoms with E-state index in [-0.39, 0.29) is 46.7 Å². The second kappa shape index (κ2) is 45.0. The van der Waals surface area contributed by atoms with Gasteiger partial charge in [0.05, 0.1) is 70.1 Å². The van der Waals surface area contributed by atoms with Crippen LogP contribution in [0.15, 0.2) is 152 Å². The van der Waals surface area contributed by atoms with E-state index in [1.54, 1.807) is 30.3 Å². The predicted molar refractivity (Wildman–Crippen MR) is 525 cm³/mol. The normalized spacial score (nSPS) is 18.2. The minimum Gasteiger partial charge on any atom is -0.507 e. The molecular formula is C107H135N17O8. The van der Waals surface area contributed by atoms with Gasteiger partial charge >= 0.3 is 0 Å². The van der Waals surface area contributed by atoms with Gasteiger partial charge in [0.25, 0.3) is 0 Å². The number of morpholine rings is 1. The van der Waals surface area contributed by atoms with E-state index in [0.29, 0.717) is 81.2 Å². The number of benzene rings is 6. The van der Waals surface area contributed by atoms with Crippen LogP contribution in [0.5, 0.6) is 28.7 Å². The van der Waals surface area contributed by atoms with Crippen molar-refractivity contribution >= 4 is 35.0 Å². The smallest absolute Gasteiger partial charge is 0.227 e. The minimum atomic E-state index is -0.202. The third-order valence-electron chi connectivity index (χ3n) is 27.0. The predicted octanol–water partition coefficient (Wildman–Crippen LogP) is 17.7. The molecule has 0 radical (unpaired) electrons. The van der Waals surface area contributed by atoms with Crippen molar-refractivity contribution in [3.8, 4) is 85.7 Å². The molecule has 4 unspecified atom stereocenters. The zero-order valence-electron chi connectivity index (χ0n) is 78.9. The minimum absolute atomic E-state index is 0.00959. The average molecular weight is 1790 g/mol. The van der Waals surface area contributed by atoms with Crippen molar-refractivity contribution in [1.82, 2.24) is 59.6 Å². The summed E-state index contributed by atoms with van der Waals surface area (Å²) in [6.07, 6.45) is 23.9. The number of rotatable bonds is 18. The van der Waals surface area contributed by atoms with E-state index >= 15 is 0 Å². The van der Waals surface area contributed by atoms with E-state index in [0.717, 1.165) is 245 Å². The fraction of sp³-hybridized carbons (Fsp3) is 0.467. The lowest BCUT2D eigenvalue weighted by molar-refractivity contribution is -0.135. The van der Waals surface area contributed by atoms with Gasteiger partial charge in [0, 0.05) is 125 Å². The quantitative estimate of drug-likeness (QED) is 0.0435. The third-order valence-corrected chi connectivity index (χ3v) is 27.0. The van der Waals surface area contributed by atoms with Crippen LogP contribution in [0.3, 0.4) is 0 Å². The number of anilines is 5. The Balaban J connectivity index is 0.000000127. The van der Waals surface area contributed by atoms with Crippen LogP contribution in [0.25, 0.3) is 56.9 Å². The molecule has 25 heteroatoms. The summed E-state index contributed by atoms with van der Waals surface area (Å²) in [6.45, 7) is 21.5. The van der Waals surface area contributed by atoms with Crippen molar-refractivity contribution in [2.75, 3.05) is 131 Å². The molecule has 25 nitrogen and oxygen atoms in total. The molecule has 132 heavy (non-hydrogen) atoms. The molecule has 6 aromatic carbocycles. The zero-order valence-corrected chi connectivity index (χ0v) is 78.9. The number of ether oxygens (including phenoxy) is 1. The van der Waals surface area contributed by atoms with Gasteiger partial charge in [-0.2, -0.15) is 0 Å². The van der Waals surface area contributed by atoms with Gasteiger partial charge in [-0.05, 0) is 247 Å². The Labute approximate surface area is 779 Å². The van der Waals surface area contributed by atoms with Gasteiger partial charge < -0.3 is 69.7 Å². The van der Waals surface area contributed by atoms with Gasteiger partial charge in [-0.25, -0.2) is 49.8 Å². The molecule has 5 aromatic heterocycles. The largest absolute Gasteiger partial charge is 0.507 e. The van der Waals surface area contributed by atoms with E-state index < -0.39 is 0 Å². The van der Waals surface area contributed by atoms with E-state index in [2.05, 4.69) is 94.6 Å². The molecule has 19 rings (SSSR count). The van der Waals surface area contributed by atoms with E-state index in [4.69, 9.17) is 54.6 Å². The number of aryl methyl sites for hydroxylation is 2. The molecule has 6 N–H and O–H groups in total. The van der Waals surface area contributed by atoms with Crippen molar-refractivity contribution in [1.29, 1.82) is 0 Å². The number of phenols is 5. The number of para-hydroxylation sites is 5. The van der Waals surface area contributed by atoms with E-state index in [9.17, 15) is 35.4 Å². The molecule has 3 saturated heterocycles. The van der Waals surface area contributed by atoms with Crippen LogP contribution in [0.2, 0.25) is 0 Å². The Bertz CT molecular complexity index is 5700. The number of carbonyl (C=O) groups is 1. The summed E-state index contributed by atoms with van der Waals surface area (Å²) in [6, 6.07) is 47.0. The molecule has 8 aliphatic rings. The van der Waals surface area contributed by atoms with Crippen molar-refractivity contribution < 1.29 is 40.2 Å². The number of aromatic nitrogens is 10. The maximum Gasteiger partial charge on any atom is 0.227 e. The number of hydrogen-bond donors (Lipinski definition) is 6. The summed E-state index contributed by atoms with van der Waals surface area (Å²) in [4.78, 5) is 77.2. The number of piperidine rings is 2. The van der Waals surface area contributed by atoms with Gasteiger partial charge in [0.1, 0.15) is 57.8 Å². The molecule has 1 amide bonds. The Hall–Kier alpha value is -11.9. The summed E-state index contributed by atoms with van der Waals surface area (Å²) < 4.78 is 5.50. The molecule has 4 atom stereocenters. The van der Waals surface area contributed by atoms with Crippen LogP contribution in [-0.2, 0) is 80.3 Å². The van der Waals surface area contributed by atoms with Crippen molar-refractivity contribution in [3.63, 3.8) is 0 Å². The highest BCUT2D eigenvalue weighted by molar-refractivity contribution is 5.80. The second-order valence-corrected chi connectivity index (χ2v) is 37.4. The Morgan fingerprint density at radius 1 is 0.379 bits per heavy atom. The first kappa shape index (κ1) is 94.7. The number of aliphatic hydroxyl groups is 1. The van der Waals surface area contributed by atoms with Gasteiger partial charge in [-0.15, -0.1) is 0 Å². The lowest BCUT2D eigenvalue weighted by atomic mass is 9.87. The summed E-state index contributed by atoms with van der Waals surface area (Å²) >= 11 is 0. The summed E-state index contributed by atoms with van der Waals surface area (Å²) in [5.74, 6) is 11.3. The lowest BCUT2D eigenvalue weighted by Crippen LogP contribution is -2.45. The topological polar surface area (TPSA) is 299 Å². The number of aliphatic hydroxyl groups excluding tert-OH is 1. The van der Waals surface area contributed by atoms with Crippen LogP contribution < -0.4 is 24.5 Å². The number of likely N-dealkylation sites (N-methyl/N-ethyl adjacent to an activating group) is 1. The number of hydrogen-bond acceptors (Lipinski definition) is 24. The number of carbonyl (C=O) groups excluding carboxylic acids is 1. The van der Waals surface area contributed by atoms with Crippen molar-refractivity contribution in [3.05, 3.63) is 214 Å². The van der Waals surface area contributed by atoms with Crippen LogP contribution in [-0.4, -0.2) is 209 Å². The molecule has 696 valence electrons. The maximum atomic E-state index is 13.0. The SMILES string of the molecule is CC1CCc2c(nc(-c3ccccc3O)nc2N(CCN(C)C)Cc2ccccc2)C1.CC1CCc2c(nc(-c3ccccc3O)nc2N2CCC(O)CC2)C1.CCN(CC)C(=O)C1CCCN(c2nc(-c3ccccc3O)nc3c2CCC(C)C3)C1.CN(C)c1nc(-c2ccccc2O)nc2c1CCCCC2.Oc1ccccc1-c1nc2c(c(N3CCOCC3)n1)CCCCC2. The summed E-state index contributed by atoms with van der Waals surface area (Å²) in [7, 11) is 8.24. The summed E-state index contributed by atoms with van der Waals surface area (Å²) in [5, 5.41) is 61.2. The second-order valence-electron chi connectivity index (χ2n) is 37.4. The maximum absolute atomic E-state index is 13.0. The number of aromatic hydroxyl groups is 5. The van der Waals surface area contributed by atoms with Crippen molar-refractivity contribution in [2.45, 2.75) is 195 Å². The Morgan fingerprint density at radius 3 is 1.20 bits per heavy atom. The Kier molecular flexibility index (Phi) is 32.3. The molecule has 8 heterocycles.